The Kier molecular flexibility index (Phi) is 22.1. The van der Waals surface area contributed by atoms with Gasteiger partial charge < -0.3 is 16.0 Å². The minimum atomic E-state index is -0.240. The van der Waals surface area contributed by atoms with Crippen LogP contribution in [-0.2, 0) is 19.2 Å². The first-order valence-electron chi connectivity index (χ1n) is 14.5. The van der Waals surface area contributed by atoms with Gasteiger partial charge in [-0.3, -0.25) is 29.0 Å². The van der Waals surface area contributed by atoms with Crippen LogP contribution in [0.15, 0.2) is 0 Å². The number of unbranched alkanes of at least 4 members (excludes halogenated alkanes) is 2. The molecule has 0 rings (SSSR count). The third-order valence-corrected chi connectivity index (χ3v) is 6.29. The highest BCUT2D eigenvalue weighted by atomic mass is 16.2. The first-order valence-corrected chi connectivity index (χ1v) is 14.5. The van der Waals surface area contributed by atoms with Gasteiger partial charge in [-0.15, -0.1) is 0 Å². The van der Waals surface area contributed by atoms with Crippen molar-refractivity contribution in [1.29, 1.82) is 0 Å². The molecule has 0 saturated carbocycles. The Bertz CT molecular complexity index is 594. The van der Waals surface area contributed by atoms with Crippen LogP contribution in [0.3, 0.4) is 0 Å². The smallest absolute Gasteiger partial charge is 0.221 e. The Hall–Kier alpha value is -1.84. The van der Waals surface area contributed by atoms with E-state index < -0.39 is 0 Å². The fourth-order valence-corrected chi connectivity index (χ4v) is 3.89. The zero-order valence-electron chi connectivity index (χ0n) is 24.3. The number of Topliss-reactive ketones (excluding diaryl/α,β-unsaturated/α-hetero) is 2. The van der Waals surface area contributed by atoms with E-state index in [1.807, 2.05) is 13.8 Å². The SMILES string of the molecule is CCCCN(CCNC(=O)CC(CC(=O)NCCN(CCCC)CC(=O)CC)NCCC)CC(=O)CC. The molecule has 0 unspecified atom stereocenters. The Morgan fingerprint density at radius 1 is 0.595 bits per heavy atom. The summed E-state index contributed by atoms with van der Waals surface area (Å²) in [4.78, 5) is 53.1. The Balaban J connectivity index is 4.63. The lowest BCUT2D eigenvalue weighted by atomic mass is 10.1. The van der Waals surface area contributed by atoms with Crippen LogP contribution in [0.5, 0.6) is 0 Å². The summed E-state index contributed by atoms with van der Waals surface area (Å²) in [6.45, 7) is 15.6. The van der Waals surface area contributed by atoms with Crippen LogP contribution < -0.4 is 16.0 Å². The zero-order chi connectivity index (χ0) is 27.9. The van der Waals surface area contributed by atoms with Crippen LogP contribution >= 0.6 is 0 Å². The van der Waals surface area contributed by atoms with Gasteiger partial charge in [0.2, 0.25) is 11.8 Å². The number of hydrogen-bond donors (Lipinski definition) is 3. The Morgan fingerprint density at radius 2 is 1.03 bits per heavy atom. The topological polar surface area (TPSA) is 111 Å². The number of amides is 2. The van der Waals surface area contributed by atoms with Gasteiger partial charge in [0.15, 0.2) is 0 Å². The molecule has 0 heterocycles. The van der Waals surface area contributed by atoms with Crippen molar-refractivity contribution in [2.75, 3.05) is 58.9 Å². The monoisotopic (exact) mass is 525 g/mol. The van der Waals surface area contributed by atoms with E-state index in [9.17, 15) is 19.2 Å². The molecule has 2 amide bonds. The average molecular weight is 526 g/mol. The molecular formula is C28H55N5O4. The molecular weight excluding hydrogens is 470 g/mol. The van der Waals surface area contributed by atoms with Crippen molar-refractivity contribution < 1.29 is 19.2 Å². The summed E-state index contributed by atoms with van der Waals surface area (Å²) in [6, 6.07) is -0.240. The third kappa shape index (κ3) is 19.9. The van der Waals surface area contributed by atoms with Gasteiger partial charge >= 0.3 is 0 Å². The Labute approximate surface area is 225 Å². The van der Waals surface area contributed by atoms with E-state index in [1.54, 1.807) is 0 Å². The number of ketones is 2. The summed E-state index contributed by atoms with van der Waals surface area (Å²) >= 11 is 0. The normalized spacial score (nSPS) is 11.4. The van der Waals surface area contributed by atoms with Crippen LogP contribution in [0.25, 0.3) is 0 Å². The summed E-state index contributed by atoms with van der Waals surface area (Å²) in [5.41, 5.74) is 0. The molecule has 0 atom stereocenters. The van der Waals surface area contributed by atoms with Crippen molar-refractivity contribution in [2.45, 2.75) is 98.4 Å². The molecule has 0 aromatic carbocycles. The van der Waals surface area contributed by atoms with Crippen molar-refractivity contribution in [3.63, 3.8) is 0 Å². The van der Waals surface area contributed by atoms with E-state index in [1.165, 1.54) is 0 Å². The molecule has 0 spiro atoms. The quantitative estimate of drug-likeness (QED) is 0.168. The molecule has 0 bridgehead atoms. The zero-order valence-corrected chi connectivity index (χ0v) is 24.3. The Morgan fingerprint density at radius 3 is 1.38 bits per heavy atom. The van der Waals surface area contributed by atoms with Gasteiger partial charge in [-0.1, -0.05) is 47.5 Å². The van der Waals surface area contributed by atoms with Crippen LogP contribution in [0.2, 0.25) is 0 Å². The first-order chi connectivity index (χ1) is 17.8. The lowest BCUT2D eigenvalue weighted by molar-refractivity contribution is -0.123. The van der Waals surface area contributed by atoms with E-state index in [-0.39, 0.29) is 42.3 Å². The van der Waals surface area contributed by atoms with Crippen LogP contribution in [0, 0.1) is 0 Å². The summed E-state index contributed by atoms with van der Waals surface area (Å²) < 4.78 is 0. The summed E-state index contributed by atoms with van der Waals surface area (Å²) in [6.07, 6.45) is 6.57. The molecule has 37 heavy (non-hydrogen) atoms. The molecule has 0 aromatic heterocycles. The number of rotatable bonds is 25. The number of carbonyl (C=O) groups is 4. The lowest BCUT2D eigenvalue weighted by Gasteiger charge is -2.23. The van der Waals surface area contributed by atoms with E-state index in [0.29, 0.717) is 52.1 Å². The standard InChI is InChI=1S/C28H55N5O4/c1-6-11-16-32(22-25(34)9-4)18-14-30-27(36)20-24(29-13-8-3)21-28(37)31-15-19-33(17-12-7-2)23-26(35)10-5/h24,29H,6-23H2,1-5H3,(H,30,36)(H,31,37). The van der Waals surface area contributed by atoms with Gasteiger partial charge in [-0.2, -0.15) is 0 Å². The second-order valence-electron chi connectivity index (χ2n) is 9.80. The fraction of sp³-hybridized carbons (Fsp3) is 0.857. The maximum absolute atomic E-state index is 12.6. The van der Waals surface area contributed by atoms with Crippen LogP contribution in [0.1, 0.15) is 92.4 Å². The molecule has 0 radical (unpaired) electrons. The molecule has 0 aliphatic heterocycles. The largest absolute Gasteiger partial charge is 0.355 e. The van der Waals surface area contributed by atoms with Crippen LogP contribution in [-0.4, -0.2) is 98.1 Å². The van der Waals surface area contributed by atoms with Crippen LogP contribution in [0.4, 0.5) is 0 Å². The molecule has 3 N–H and O–H groups in total. The van der Waals surface area contributed by atoms with Gasteiger partial charge in [0, 0.05) is 57.9 Å². The number of carbonyl (C=O) groups excluding carboxylic acids is 4. The predicted octanol–water partition coefficient (Wildman–Crippen LogP) is 2.53. The number of nitrogens with one attached hydrogen (secondary N) is 3. The summed E-state index contributed by atoms with van der Waals surface area (Å²) in [7, 11) is 0. The van der Waals surface area contributed by atoms with E-state index in [2.05, 4.69) is 46.5 Å². The van der Waals surface area contributed by atoms with Gasteiger partial charge in [-0.25, -0.2) is 0 Å². The molecule has 0 aromatic rings. The highest BCUT2D eigenvalue weighted by Crippen LogP contribution is 2.02. The van der Waals surface area contributed by atoms with E-state index in [0.717, 1.165) is 51.7 Å². The van der Waals surface area contributed by atoms with Gasteiger partial charge in [-0.05, 0) is 38.9 Å². The molecule has 9 heteroatoms. The fourth-order valence-electron chi connectivity index (χ4n) is 3.89. The summed E-state index contributed by atoms with van der Waals surface area (Å²) in [5, 5.41) is 9.24. The van der Waals surface area contributed by atoms with Crippen molar-refractivity contribution >= 4 is 23.4 Å². The molecule has 0 fully saturated rings. The van der Waals surface area contributed by atoms with Gasteiger partial charge in [0.1, 0.15) is 11.6 Å². The highest BCUT2D eigenvalue weighted by Gasteiger charge is 2.18. The number of hydrogen-bond acceptors (Lipinski definition) is 7. The minimum Gasteiger partial charge on any atom is -0.355 e. The van der Waals surface area contributed by atoms with Crippen molar-refractivity contribution in [3.05, 3.63) is 0 Å². The molecule has 0 saturated heterocycles. The molecule has 216 valence electrons. The molecule has 0 aliphatic carbocycles. The van der Waals surface area contributed by atoms with E-state index in [4.69, 9.17) is 0 Å². The van der Waals surface area contributed by atoms with Crippen molar-refractivity contribution in [1.82, 2.24) is 25.8 Å². The molecule has 0 aliphatic rings. The average Bonchev–Trinajstić information content (AvgIpc) is 2.88. The van der Waals surface area contributed by atoms with Crippen molar-refractivity contribution in [3.8, 4) is 0 Å². The second kappa shape index (κ2) is 23.3. The summed E-state index contributed by atoms with van der Waals surface area (Å²) in [5.74, 6) is 0.232. The van der Waals surface area contributed by atoms with E-state index >= 15 is 0 Å². The van der Waals surface area contributed by atoms with Crippen molar-refractivity contribution in [2.24, 2.45) is 0 Å². The number of nitrogens with zero attached hydrogens (tertiary/aromatic N) is 2. The minimum absolute atomic E-state index is 0.0949. The third-order valence-electron chi connectivity index (χ3n) is 6.29. The maximum Gasteiger partial charge on any atom is 0.221 e. The second-order valence-corrected chi connectivity index (χ2v) is 9.80. The first kappa shape index (κ1) is 35.2. The van der Waals surface area contributed by atoms with Gasteiger partial charge in [0.25, 0.3) is 0 Å². The van der Waals surface area contributed by atoms with Gasteiger partial charge in [0.05, 0.1) is 13.1 Å². The lowest BCUT2D eigenvalue weighted by Crippen LogP contribution is -2.43. The maximum atomic E-state index is 12.6. The highest BCUT2D eigenvalue weighted by molar-refractivity contribution is 5.81. The molecule has 9 nitrogen and oxygen atoms in total. The predicted molar refractivity (Wildman–Crippen MR) is 151 cm³/mol.